The smallest absolute Gasteiger partial charge is 0.167 e. The number of allylic oxidation sites excluding steroid dienone is 1. The minimum absolute atomic E-state index is 0.109. The number of aryl methyl sites for hydroxylation is 1. The molecule has 1 aromatic rings. The Morgan fingerprint density at radius 2 is 1.69 bits per heavy atom. The van der Waals surface area contributed by atoms with Gasteiger partial charge in [0.25, 0.3) is 0 Å². The number of benzene rings is 1. The highest BCUT2D eigenvalue weighted by Crippen LogP contribution is 2.16. The first-order valence-electron chi connectivity index (χ1n) is 3.72. The number of alkyl halides is 3. The molecule has 0 heterocycles. The lowest BCUT2D eigenvalue weighted by Crippen LogP contribution is -2.00. The topological polar surface area (TPSA) is 0 Å². The number of hydrogen-bond acceptors (Lipinski definition) is 0. The van der Waals surface area contributed by atoms with Crippen LogP contribution in [-0.4, -0.2) is 6.18 Å². The summed E-state index contributed by atoms with van der Waals surface area (Å²) < 4.78 is 35.1. The Labute approximate surface area is 74.7 Å². The summed E-state index contributed by atoms with van der Waals surface area (Å²) >= 11 is 0. The fourth-order valence-electron chi connectivity index (χ4n) is 0.815. The number of rotatable bonds is 1. The molecule has 0 bridgehead atoms. The highest BCUT2D eigenvalue weighted by Gasteiger charge is 2.21. The van der Waals surface area contributed by atoms with Crippen molar-refractivity contribution < 1.29 is 13.2 Å². The maximum Gasteiger partial charge on any atom is 0.410 e. The fraction of sp³-hybridized carbons (Fsp3) is 0.200. The second-order valence-corrected chi connectivity index (χ2v) is 2.70. The van der Waals surface area contributed by atoms with Crippen molar-refractivity contribution in [1.82, 2.24) is 0 Å². The Hall–Kier alpha value is -1.25. The van der Waals surface area contributed by atoms with Gasteiger partial charge >= 0.3 is 6.18 Å². The normalized spacial score (nSPS) is 12.3. The third-order valence-corrected chi connectivity index (χ3v) is 1.45. The molecular weight excluding hydrogens is 177 g/mol. The molecule has 1 aromatic carbocycles. The zero-order chi connectivity index (χ0) is 9.90. The molecule has 0 saturated heterocycles. The second kappa shape index (κ2) is 3.64. The molecule has 69 valence electrons. The molecular formula is C10H8F3. The van der Waals surface area contributed by atoms with E-state index in [1.54, 1.807) is 24.3 Å². The molecule has 0 amide bonds. The lowest BCUT2D eigenvalue weighted by Gasteiger charge is -1.97. The van der Waals surface area contributed by atoms with E-state index in [0.29, 0.717) is 5.56 Å². The minimum Gasteiger partial charge on any atom is -0.167 e. The van der Waals surface area contributed by atoms with Gasteiger partial charge < -0.3 is 0 Å². The van der Waals surface area contributed by atoms with Gasteiger partial charge in [0, 0.05) is 6.08 Å². The zero-order valence-corrected chi connectivity index (χ0v) is 7.02. The lowest BCUT2D eigenvalue weighted by atomic mass is 10.1. The Kier molecular flexibility index (Phi) is 2.76. The van der Waals surface area contributed by atoms with Gasteiger partial charge in [-0.25, -0.2) is 0 Å². The van der Waals surface area contributed by atoms with Crippen molar-refractivity contribution in [2.45, 2.75) is 13.1 Å². The van der Waals surface area contributed by atoms with Gasteiger partial charge in [-0.15, -0.1) is 0 Å². The first-order valence-corrected chi connectivity index (χ1v) is 3.72. The Morgan fingerprint density at radius 3 is 2.15 bits per heavy atom. The number of hydrogen-bond donors (Lipinski definition) is 0. The van der Waals surface area contributed by atoms with Crippen LogP contribution in [0.1, 0.15) is 11.1 Å². The van der Waals surface area contributed by atoms with E-state index in [9.17, 15) is 13.2 Å². The predicted octanol–water partition coefficient (Wildman–Crippen LogP) is 3.26. The Bertz CT molecular complexity index is 293. The van der Waals surface area contributed by atoms with Crippen LogP contribution in [0.5, 0.6) is 0 Å². The first-order chi connectivity index (χ1) is 5.97. The molecule has 1 radical (unpaired) electrons. The Morgan fingerprint density at radius 1 is 1.15 bits per heavy atom. The average Bonchev–Trinajstić information content (AvgIpc) is 2.02. The highest BCUT2D eigenvalue weighted by molar-refractivity contribution is 5.26. The Balaban J connectivity index is 2.75. The summed E-state index contributed by atoms with van der Waals surface area (Å²) in [6.07, 6.45) is -2.02. The van der Waals surface area contributed by atoms with Crippen molar-refractivity contribution in [3.63, 3.8) is 0 Å². The van der Waals surface area contributed by atoms with Crippen LogP contribution in [-0.2, 0) is 0 Å². The van der Waals surface area contributed by atoms with E-state index >= 15 is 0 Å². The van der Waals surface area contributed by atoms with Gasteiger partial charge in [0.2, 0.25) is 0 Å². The van der Waals surface area contributed by atoms with Gasteiger partial charge in [-0.3, -0.25) is 0 Å². The van der Waals surface area contributed by atoms with Gasteiger partial charge in [-0.1, -0.05) is 29.8 Å². The standard InChI is InChI=1S/C10H8F3/c1-8-2-4-9(5-3-8)6-7-10(11,12)13/h2-5,7H,1H3. The van der Waals surface area contributed by atoms with Crippen molar-refractivity contribution in [1.29, 1.82) is 0 Å². The van der Waals surface area contributed by atoms with Crippen molar-refractivity contribution in [2.24, 2.45) is 0 Å². The summed E-state index contributed by atoms with van der Waals surface area (Å²) in [7, 11) is 0. The van der Waals surface area contributed by atoms with Crippen LogP contribution >= 0.6 is 0 Å². The molecule has 0 saturated carbocycles. The van der Waals surface area contributed by atoms with Gasteiger partial charge in [-0.05, 0) is 18.6 Å². The molecule has 0 aliphatic heterocycles. The zero-order valence-electron chi connectivity index (χ0n) is 7.02. The van der Waals surface area contributed by atoms with Crippen LogP contribution in [0, 0.1) is 13.0 Å². The van der Waals surface area contributed by atoms with E-state index in [1.807, 2.05) is 6.92 Å². The van der Waals surface area contributed by atoms with Crippen LogP contribution in [0.3, 0.4) is 0 Å². The van der Waals surface area contributed by atoms with Crippen molar-refractivity contribution in [3.05, 3.63) is 47.5 Å². The molecule has 0 spiro atoms. The summed E-state index contributed by atoms with van der Waals surface area (Å²) in [5, 5.41) is 0. The van der Waals surface area contributed by atoms with Crippen LogP contribution in [0.25, 0.3) is 0 Å². The third-order valence-electron chi connectivity index (χ3n) is 1.45. The van der Waals surface area contributed by atoms with Crippen LogP contribution < -0.4 is 0 Å². The maximum absolute atomic E-state index is 11.7. The highest BCUT2D eigenvalue weighted by atomic mass is 19.4. The monoisotopic (exact) mass is 185 g/mol. The number of halogens is 3. The van der Waals surface area contributed by atoms with Crippen LogP contribution in [0.4, 0.5) is 13.2 Å². The largest absolute Gasteiger partial charge is 0.410 e. The molecule has 1 rings (SSSR count). The third kappa shape index (κ3) is 3.78. The van der Waals surface area contributed by atoms with E-state index in [4.69, 9.17) is 0 Å². The summed E-state index contributed by atoms with van der Waals surface area (Å²) in [6.45, 7) is 1.87. The molecule has 0 unspecified atom stereocenters. The summed E-state index contributed by atoms with van der Waals surface area (Å²) in [5.41, 5.74) is 1.44. The molecule has 0 nitrogen and oxygen atoms in total. The summed E-state index contributed by atoms with van der Waals surface area (Å²) in [6, 6.07) is 6.67. The molecule has 0 aromatic heterocycles. The second-order valence-electron chi connectivity index (χ2n) is 2.70. The van der Waals surface area contributed by atoms with E-state index in [-0.39, 0.29) is 6.08 Å². The molecule has 0 atom stereocenters. The van der Waals surface area contributed by atoms with Crippen molar-refractivity contribution >= 4 is 0 Å². The van der Waals surface area contributed by atoms with Gasteiger partial charge in [0.05, 0.1) is 0 Å². The molecule has 3 heteroatoms. The SMILES string of the molecule is Cc1ccc(/[C]=C/C(F)(F)F)cc1. The van der Waals surface area contributed by atoms with E-state index in [2.05, 4.69) is 6.08 Å². The van der Waals surface area contributed by atoms with Crippen molar-refractivity contribution in [2.75, 3.05) is 0 Å². The summed E-state index contributed by atoms with van der Waals surface area (Å²) in [4.78, 5) is 0. The van der Waals surface area contributed by atoms with Crippen LogP contribution in [0.15, 0.2) is 30.3 Å². The molecule has 0 aliphatic rings. The average molecular weight is 185 g/mol. The van der Waals surface area contributed by atoms with E-state index in [1.165, 1.54) is 0 Å². The van der Waals surface area contributed by atoms with E-state index in [0.717, 1.165) is 5.56 Å². The van der Waals surface area contributed by atoms with E-state index < -0.39 is 6.18 Å². The van der Waals surface area contributed by atoms with Crippen LogP contribution in [0.2, 0.25) is 0 Å². The quantitative estimate of drug-likeness (QED) is 0.629. The van der Waals surface area contributed by atoms with Gasteiger partial charge in [0.1, 0.15) is 0 Å². The van der Waals surface area contributed by atoms with Crippen molar-refractivity contribution in [3.8, 4) is 0 Å². The minimum atomic E-state index is -4.29. The maximum atomic E-state index is 11.7. The molecule has 13 heavy (non-hydrogen) atoms. The molecule has 0 aliphatic carbocycles. The van der Waals surface area contributed by atoms with Gasteiger partial charge in [-0.2, -0.15) is 13.2 Å². The van der Waals surface area contributed by atoms with Gasteiger partial charge in [0.15, 0.2) is 0 Å². The summed E-state index contributed by atoms with van der Waals surface area (Å²) in [5.74, 6) is 0. The first kappa shape index (κ1) is 9.84. The predicted molar refractivity (Wildman–Crippen MR) is 44.1 cm³/mol. The fourth-order valence-corrected chi connectivity index (χ4v) is 0.815. The molecule has 0 N–H and O–H groups in total. The molecule has 0 fully saturated rings. The lowest BCUT2D eigenvalue weighted by molar-refractivity contribution is -0.0802.